The minimum absolute atomic E-state index is 0.121. The Balaban J connectivity index is 0.000000686. The second-order valence-corrected chi connectivity index (χ2v) is 4.32. The number of halogens is 1. The molecule has 1 aromatic rings. The largest absolute Gasteiger partial charge is 0.491 e. The maximum absolute atomic E-state index is 13.9. The van der Waals surface area contributed by atoms with Crippen molar-refractivity contribution >= 4 is 0 Å². The number of aromatic nitrogens is 1. The molecule has 0 saturated carbocycles. The molecule has 96 valence electrons. The Morgan fingerprint density at radius 1 is 1.29 bits per heavy atom. The fourth-order valence-electron chi connectivity index (χ4n) is 1.91. The number of aryl methyl sites for hydroxylation is 1. The topological polar surface area (TPSA) is 22.1 Å². The summed E-state index contributed by atoms with van der Waals surface area (Å²) in [4.78, 5) is 4.37. The van der Waals surface area contributed by atoms with Crippen LogP contribution in [0.5, 0.6) is 5.75 Å². The molecule has 2 heterocycles. The van der Waals surface area contributed by atoms with Gasteiger partial charge in [0.1, 0.15) is 5.75 Å². The summed E-state index contributed by atoms with van der Waals surface area (Å²) in [6, 6.07) is 0. The van der Waals surface area contributed by atoms with Crippen LogP contribution in [0.25, 0.3) is 0 Å². The molecule has 0 unspecified atom stereocenters. The number of hydrogen-bond donors (Lipinski definition) is 0. The Bertz CT molecular complexity index is 388. The second-order valence-electron chi connectivity index (χ2n) is 4.32. The first kappa shape index (κ1) is 13.9. The molecule has 0 radical (unpaired) electrons. The quantitative estimate of drug-likeness (QED) is 0.739. The van der Waals surface area contributed by atoms with Crippen molar-refractivity contribution in [1.29, 1.82) is 0 Å². The van der Waals surface area contributed by atoms with Crippen molar-refractivity contribution in [2.45, 2.75) is 53.4 Å². The Morgan fingerprint density at radius 3 is 2.53 bits per heavy atom. The molecule has 0 saturated heterocycles. The van der Waals surface area contributed by atoms with E-state index in [4.69, 9.17) is 4.74 Å². The zero-order valence-corrected chi connectivity index (χ0v) is 11.4. The third-order valence-corrected chi connectivity index (χ3v) is 2.76. The molecule has 1 aliphatic rings. The van der Waals surface area contributed by atoms with Crippen LogP contribution in [-0.2, 0) is 6.42 Å². The maximum atomic E-state index is 13.9. The summed E-state index contributed by atoms with van der Waals surface area (Å²) in [5.74, 6) is 0.588. The molecule has 0 fully saturated rings. The first-order chi connectivity index (χ1) is 8.11. The van der Waals surface area contributed by atoms with Crippen LogP contribution in [0.4, 0.5) is 4.39 Å². The van der Waals surface area contributed by atoms with Gasteiger partial charge in [0.2, 0.25) is 0 Å². The average Bonchev–Trinajstić information content (AvgIpc) is 2.36. The number of ether oxygens (including phenoxy) is 1. The molecule has 0 aliphatic carbocycles. The summed E-state index contributed by atoms with van der Waals surface area (Å²) >= 11 is 0. The van der Waals surface area contributed by atoms with E-state index in [1.807, 2.05) is 27.7 Å². The van der Waals surface area contributed by atoms with Gasteiger partial charge in [-0.05, 0) is 25.7 Å². The zero-order chi connectivity index (χ0) is 13.0. The van der Waals surface area contributed by atoms with Crippen molar-refractivity contribution in [2.24, 2.45) is 0 Å². The molecular weight excluding hydrogens is 217 g/mol. The predicted molar refractivity (Wildman–Crippen MR) is 68.2 cm³/mol. The normalized spacial score (nSPS) is 13.6. The van der Waals surface area contributed by atoms with E-state index in [2.05, 4.69) is 4.98 Å². The highest BCUT2D eigenvalue weighted by Gasteiger charge is 2.21. The average molecular weight is 239 g/mol. The number of pyridine rings is 1. The summed E-state index contributed by atoms with van der Waals surface area (Å²) < 4.78 is 19.4. The minimum Gasteiger partial charge on any atom is -0.491 e. The highest BCUT2D eigenvalue weighted by molar-refractivity contribution is 5.41. The van der Waals surface area contributed by atoms with Crippen molar-refractivity contribution in [3.05, 3.63) is 22.8 Å². The van der Waals surface area contributed by atoms with Gasteiger partial charge in [-0.25, -0.2) is 4.39 Å². The van der Waals surface area contributed by atoms with E-state index in [9.17, 15) is 4.39 Å². The Labute approximate surface area is 103 Å². The van der Waals surface area contributed by atoms with Gasteiger partial charge >= 0.3 is 0 Å². The lowest BCUT2D eigenvalue weighted by Gasteiger charge is -2.21. The molecule has 1 aliphatic heterocycles. The van der Waals surface area contributed by atoms with Gasteiger partial charge in [0, 0.05) is 5.56 Å². The molecule has 0 atom stereocenters. The molecule has 1 aromatic heterocycles. The SMILES string of the molecule is CC.Cc1c(F)c(C(C)C)nc2c1OCCC2. The molecule has 0 bridgehead atoms. The predicted octanol–water partition coefficient (Wildman–Crippen LogP) is 4.00. The number of rotatable bonds is 1. The smallest absolute Gasteiger partial charge is 0.151 e. The van der Waals surface area contributed by atoms with Crippen LogP contribution in [0.1, 0.15) is 57.0 Å². The van der Waals surface area contributed by atoms with Crippen molar-refractivity contribution in [2.75, 3.05) is 6.61 Å². The maximum Gasteiger partial charge on any atom is 0.151 e. The van der Waals surface area contributed by atoms with Gasteiger partial charge in [0.25, 0.3) is 0 Å². The number of nitrogens with zero attached hydrogens (tertiary/aromatic N) is 1. The Morgan fingerprint density at radius 2 is 1.94 bits per heavy atom. The third-order valence-electron chi connectivity index (χ3n) is 2.76. The summed E-state index contributed by atoms with van der Waals surface area (Å²) in [6.45, 7) is 10.4. The van der Waals surface area contributed by atoms with Crippen LogP contribution in [0.3, 0.4) is 0 Å². The van der Waals surface area contributed by atoms with Crippen molar-refractivity contribution in [3.63, 3.8) is 0 Å². The van der Waals surface area contributed by atoms with Gasteiger partial charge in [-0.15, -0.1) is 0 Å². The lowest BCUT2D eigenvalue weighted by Crippen LogP contribution is -2.15. The van der Waals surface area contributed by atoms with Gasteiger partial charge in [0.05, 0.1) is 18.0 Å². The lowest BCUT2D eigenvalue weighted by molar-refractivity contribution is 0.279. The fourth-order valence-corrected chi connectivity index (χ4v) is 1.91. The summed E-state index contributed by atoms with van der Waals surface area (Å²) in [6.07, 6.45) is 1.87. The third kappa shape index (κ3) is 2.76. The summed E-state index contributed by atoms with van der Waals surface area (Å²) in [5.41, 5.74) is 2.10. The number of fused-ring (bicyclic) bond motifs is 1. The van der Waals surface area contributed by atoms with Gasteiger partial charge in [-0.1, -0.05) is 27.7 Å². The van der Waals surface area contributed by atoms with Crippen molar-refractivity contribution in [1.82, 2.24) is 4.98 Å². The molecule has 0 N–H and O–H groups in total. The standard InChI is InChI=1S/C12H16FNO.C2H6/c1-7(2)11-10(13)8(3)12-9(14-11)5-4-6-15-12;1-2/h7H,4-6H2,1-3H3;1-2H3. The second kappa shape index (κ2) is 5.99. The van der Waals surface area contributed by atoms with Crippen LogP contribution in [-0.4, -0.2) is 11.6 Å². The van der Waals surface area contributed by atoms with E-state index in [1.54, 1.807) is 6.92 Å². The van der Waals surface area contributed by atoms with E-state index in [0.717, 1.165) is 18.5 Å². The lowest BCUT2D eigenvalue weighted by atomic mass is 10.0. The van der Waals surface area contributed by atoms with Crippen molar-refractivity contribution < 1.29 is 9.13 Å². The van der Waals surface area contributed by atoms with Crippen LogP contribution in [0.15, 0.2) is 0 Å². The molecule has 0 aromatic carbocycles. The summed E-state index contributed by atoms with van der Waals surface area (Å²) in [7, 11) is 0. The van der Waals surface area contributed by atoms with Crippen molar-refractivity contribution in [3.8, 4) is 5.75 Å². The van der Waals surface area contributed by atoms with E-state index >= 15 is 0 Å². The van der Waals surface area contributed by atoms with Crippen LogP contribution in [0.2, 0.25) is 0 Å². The van der Waals surface area contributed by atoms with Crippen LogP contribution in [0, 0.1) is 12.7 Å². The minimum atomic E-state index is -0.203. The van der Waals surface area contributed by atoms with Gasteiger partial charge in [-0.2, -0.15) is 0 Å². The van der Waals surface area contributed by atoms with Crippen LogP contribution < -0.4 is 4.74 Å². The first-order valence-electron chi connectivity index (χ1n) is 6.43. The summed E-state index contributed by atoms with van der Waals surface area (Å²) in [5, 5.41) is 0. The van der Waals surface area contributed by atoms with E-state index in [0.29, 0.717) is 23.6 Å². The first-order valence-corrected chi connectivity index (χ1v) is 6.43. The van der Waals surface area contributed by atoms with E-state index < -0.39 is 0 Å². The van der Waals surface area contributed by atoms with Gasteiger partial charge in [0.15, 0.2) is 5.82 Å². The molecular formula is C14H22FNO. The molecule has 3 heteroatoms. The highest BCUT2D eigenvalue weighted by atomic mass is 19.1. The fraction of sp³-hybridized carbons (Fsp3) is 0.643. The van der Waals surface area contributed by atoms with Gasteiger partial charge < -0.3 is 4.74 Å². The molecule has 17 heavy (non-hydrogen) atoms. The Hall–Kier alpha value is -1.12. The van der Waals surface area contributed by atoms with Crippen LogP contribution >= 0.6 is 0 Å². The monoisotopic (exact) mass is 239 g/mol. The number of hydrogen-bond acceptors (Lipinski definition) is 2. The Kier molecular flexibility index (Phi) is 4.91. The van der Waals surface area contributed by atoms with Gasteiger partial charge in [-0.3, -0.25) is 4.98 Å². The molecule has 2 nitrogen and oxygen atoms in total. The molecule has 0 amide bonds. The highest BCUT2D eigenvalue weighted by Crippen LogP contribution is 2.32. The van der Waals surface area contributed by atoms with E-state index in [1.165, 1.54) is 0 Å². The molecule has 0 spiro atoms. The van der Waals surface area contributed by atoms with E-state index in [-0.39, 0.29) is 11.7 Å². The molecule has 2 rings (SSSR count). The zero-order valence-electron chi connectivity index (χ0n) is 11.4.